The van der Waals surface area contributed by atoms with Crippen LogP contribution in [0.15, 0.2) is 18.2 Å². The number of anilines is 1. The van der Waals surface area contributed by atoms with E-state index in [1.54, 1.807) is 19.9 Å². The molecule has 2 amide bonds. The lowest BCUT2D eigenvalue weighted by molar-refractivity contribution is -0.110. The number of aliphatic hydroxyl groups excluding tert-OH is 1. The first-order chi connectivity index (χ1) is 15.3. The van der Waals surface area contributed by atoms with Crippen molar-refractivity contribution in [3.63, 3.8) is 0 Å². The summed E-state index contributed by atoms with van der Waals surface area (Å²) in [7, 11) is 0. The second-order valence-electron chi connectivity index (χ2n) is 8.59. The number of likely N-dealkylation sites (tertiary alicyclic amines) is 1. The van der Waals surface area contributed by atoms with Gasteiger partial charge in [-0.2, -0.15) is 0 Å². The highest BCUT2D eigenvalue weighted by molar-refractivity contribution is 6.34. The molecule has 0 aliphatic carbocycles. The Balaban J connectivity index is 1.47. The molecule has 0 radical (unpaired) electrons. The number of halogens is 1. The number of aliphatic hydroxyl groups is 1. The molecule has 3 heterocycles. The number of piperidine rings is 1. The average molecular weight is 441 g/mol. The molecule has 1 aromatic carbocycles. The Labute approximate surface area is 186 Å². The summed E-state index contributed by atoms with van der Waals surface area (Å²) in [6, 6.07) is 4.15. The summed E-state index contributed by atoms with van der Waals surface area (Å²) in [6.07, 6.45) is 4.54. The molecule has 1 saturated heterocycles. The van der Waals surface area contributed by atoms with Gasteiger partial charge in [0.15, 0.2) is 0 Å². The van der Waals surface area contributed by atoms with Gasteiger partial charge in [0.25, 0.3) is 11.8 Å². The van der Waals surface area contributed by atoms with Crippen LogP contribution in [0.25, 0.3) is 11.6 Å². The Bertz CT molecular complexity index is 1070. The van der Waals surface area contributed by atoms with Crippen LogP contribution in [0.5, 0.6) is 0 Å². The number of hydrogen-bond acceptors (Lipinski definition) is 4. The Hall–Kier alpha value is -2.97. The summed E-state index contributed by atoms with van der Waals surface area (Å²) in [5.74, 6) is -1.02. The van der Waals surface area contributed by atoms with Crippen LogP contribution in [0.2, 0.25) is 0 Å². The third-order valence-corrected chi connectivity index (χ3v) is 6.17. The van der Waals surface area contributed by atoms with Gasteiger partial charge >= 0.3 is 0 Å². The third kappa shape index (κ3) is 4.61. The van der Waals surface area contributed by atoms with Crippen LogP contribution < -0.4 is 10.6 Å². The van der Waals surface area contributed by atoms with Crippen molar-refractivity contribution < 1.29 is 19.1 Å². The minimum atomic E-state index is -0.633. The maximum atomic E-state index is 13.7. The van der Waals surface area contributed by atoms with Crippen molar-refractivity contribution in [2.45, 2.75) is 39.2 Å². The van der Waals surface area contributed by atoms with Crippen LogP contribution in [0.3, 0.4) is 0 Å². The maximum absolute atomic E-state index is 13.7. The molecule has 32 heavy (non-hydrogen) atoms. The number of hydrogen-bond donors (Lipinski definition) is 4. The summed E-state index contributed by atoms with van der Waals surface area (Å²) < 4.78 is 13.7. The number of aromatic nitrogens is 1. The SMILES string of the molecule is Cc1[nH]c(/C=C2\C(=O)Nc3ccc(F)cc32)c(C)c1C(=O)NC[C@@H](O)CN1CCCCC1. The van der Waals surface area contributed by atoms with E-state index in [4.69, 9.17) is 0 Å². The van der Waals surface area contributed by atoms with E-state index in [2.05, 4.69) is 20.5 Å². The molecule has 170 valence electrons. The van der Waals surface area contributed by atoms with E-state index >= 15 is 0 Å². The molecule has 4 rings (SSSR count). The van der Waals surface area contributed by atoms with E-state index in [1.807, 2.05) is 0 Å². The minimum absolute atomic E-state index is 0.172. The molecule has 2 aromatic rings. The van der Waals surface area contributed by atoms with Crippen molar-refractivity contribution >= 4 is 29.2 Å². The van der Waals surface area contributed by atoms with Crippen LogP contribution in [0.4, 0.5) is 10.1 Å². The predicted octanol–water partition coefficient (Wildman–Crippen LogP) is 2.84. The zero-order chi connectivity index (χ0) is 22.8. The zero-order valence-electron chi connectivity index (χ0n) is 18.4. The molecule has 0 saturated carbocycles. The molecule has 0 spiro atoms. The molecule has 4 N–H and O–H groups in total. The minimum Gasteiger partial charge on any atom is -0.390 e. The fourth-order valence-electron chi connectivity index (χ4n) is 4.51. The average Bonchev–Trinajstić information content (AvgIpc) is 3.22. The van der Waals surface area contributed by atoms with Crippen molar-refractivity contribution in [2.75, 3.05) is 31.5 Å². The third-order valence-electron chi connectivity index (χ3n) is 6.17. The molecule has 2 aliphatic rings. The van der Waals surface area contributed by atoms with E-state index in [1.165, 1.54) is 24.6 Å². The normalized spacial score (nSPS) is 18.5. The standard InChI is InChI=1S/C24H29FN4O3/c1-14-21(11-19-18-10-16(25)6-7-20(18)28-23(19)31)27-15(2)22(14)24(32)26-12-17(30)13-29-8-4-3-5-9-29/h6-7,10-11,17,27,30H,3-5,8-9,12-13H2,1-2H3,(H,26,32)(H,28,31)/b19-11-/t17-/m1/s1. The summed E-state index contributed by atoms with van der Waals surface area (Å²) in [5.41, 5.74) is 3.85. The van der Waals surface area contributed by atoms with Crippen LogP contribution >= 0.6 is 0 Å². The Morgan fingerprint density at radius 1 is 1.28 bits per heavy atom. The fourth-order valence-corrected chi connectivity index (χ4v) is 4.51. The summed E-state index contributed by atoms with van der Waals surface area (Å²) in [5, 5.41) is 15.9. The largest absolute Gasteiger partial charge is 0.390 e. The van der Waals surface area contributed by atoms with Crippen LogP contribution in [0, 0.1) is 19.7 Å². The van der Waals surface area contributed by atoms with Gasteiger partial charge in [0.2, 0.25) is 0 Å². The number of nitrogens with one attached hydrogen (secondary N) is 3. The quantitative estimate of drug-likeness (QED) is 0.520. The van der Waals surface area contributed by atoms with Crippen molar-refractivity contribution in [1.29, 1.82) is 0 Å². The van der Waals surface area contributed by atoms with E-state index < -0.39 is 11.9 Å². The lowest BCUT2D eigenvalue weighted by atomic mass is 10.0. The van der Waals surface area contributed by atoms with Gasteiger partial charge in [-0.3, -0.25) is 9.59 Å². The lowest BCUT2D eigenvalue weighted by Gasteiger charge is -2.28. The number of rotatable bonds is 6. The summed E-state index contributed by atoms with van der Waals surface area (Å²) in [6.45, 7) is 6.28. The van der Waals surface area contributed by atoms with Crippen molar-refractivity contribution in [3.05, 3.63) is 52.1 Å². The maximum Gasteiger partial charge on any atom is 0.256 e. The van der Waals surface area contributed by atoms with Crippen LogP contribution in [-0.4, -0.2) is 59.1 Å². The van der Waals surface area contributed by atoms with E-state index in [0.717, 1.165) is 25.9 Å². The number of H-pyrrole nitrogens is 1. The predicted molar refractivity (Wildman–Crippen MR) is 122 cm³/mol. The summed E-state index contributed by atoms with van der Waals surface area (Å²) >= 11 is 0. The van der Waals surface area contributed by atoms with Crippen molar-refractivity contribution in [3.8, 4) is 0 Å². The van der Waals surface area contributed by atoms with Gasteiger partial charge in [0.1, 0.15) is 5.82 Å². The molecule has 1 atom stereocenters. The van der Waals surface area contributed by atoms with E-state index in [-0.39, 0.29) is 18.4 Å². The number of benzene rings is 1. The first-order valence-electron chi connectivity index (χ1n) is 11.0. The van der Waals surface area contributed by atoms with Gasteiger partial charge in [-0.1, -0.05) is 6.42 Å². The van der Waals surface area contributed by atoms with Crippen LogP contribution in [0.1, 0.15) is 52.1 Å². The number of β-amino-alcohol motifs (C(OH)–C–C–N with tert-alkyl or cyclic N) is 1. The number of amides is 2. The smallest absolute Gasteiger partial charge is 0.256 e. The number of nitrogens with zero attached hydrogens (tertiary/aromatic N) is 1. The first kappa shape index (κ1) is 22.2. The molecular formula is C24H29FN4O3. The summed E-state index contributed by atoms with van der Waals surface area (Å²) in [4.78, 5) is 30.6. The number of aryl methyl sites for hydroxylation is 1. The second-order valence-corrected chi connectivity index (χ2v) is 8.59. The Kier molecular flexibility index (Phi) is 6.43. The van der Waals surface area contributed by atoms with E-state index in [9.17, 15) is 19.1 Å². The molecule has 8 heteroatoms. The fraction of sp³-hybridized carbons (Fsp3) is 0.417. The molecule has 0 bridgehead atoms. The topological polar surface area (TPSA) is 97.5 Å². The van der Waals surface area contributed by atoms with Crippen LogP contribution in [-0.2, 0) is 4.79 Å². The lowest BCUT2D eigenvalue weighted by Crippen LogP contribution is -2.42. The van der Waals surface area contributed by atoms with Gasteiger partial charge in [-0.25, -0.2) is 4.39 Å². The number of carbonyl (C=O) groups is 2. The van der Waals surface area contributed by atoms with Gasteiger partial charge in [-0.15, -0.1) is 0 Å². The van der Waals surface area contributed by atoms with Gasteiger partial charge in [-0.05, 0) is 69.6 Å². The number of carbonyl (C=O) groups excluding carboxylic acids is 2. The van der Waals surface area contributed by atoms with Crippen molar-refractivity contribution in [1.82, 2.24) is 15.2 Å². The Morgan fingerprint density at radius 2 is 2.03 bits per heavy atom. The molecular weight excluding hydrogens is 411 g/mol. The molecule has 2 aliphatic heterocycles. The zero-order valence-corrected chi connectivity index (χ0v) is 18.4. The monoisotopic (exact) mass is 440 g/mol. The van der Waals surface area contributed by atoms with E-state index in [0.29, 0.717) is 45.9 Å². The molecule has 1 fully saturated rings. The molecule has 1 aromatic heterocycles. The molecule has 7 nitrogen and oxygen atoms in total. The van der Waals surface area contributed by atoms with Crippen molar-refractivity contribution in [2.24, 2.45) is 0 Å². The van der Waals surface area contributed by atoms with Gasteiger partial charge < -0.3 is 25.6 Å². The Morgan fingerprint density at radius 3 is 2.78 bits per heavy atom. The first-order valence-corrected chi connectivity index (χ1v) is 11.0. The highest BCUT2D eigenvalue weighted by Crippen LogP contribution is 2.34. The highest BCUT2D eigenvalue weighted by Gasteiger charge is 2.26. The number of aromatic amines is 1. The number of fused-ring (bicyclic) bond motifs is 1. The van der Waals surface area contributed by atoms with Gasteiger partial charge in [0.05, 0.1) is 17.2 Å². The highest BCUT2D eigenvalue weighted by atomic mass is 19.1. The van der Waals surface area contributed by atoms with Gasteiger partial charge in [0, 0.05) is 35.7 Å². The molecule has 0 unspecified atom stereocenters. The second kappa shape index (κ2) is 9.26.